The molecule has 2 heterocycles. The van der Waals surface area contributed by atoms with Gasteiger partial charge in [0.2, 0.25) is 0 Å². The van der Waals surface area contributed by atoms with Gasteiger partial charge in [-0.15, -0.1) is 0 Å². The lowest BCUT2D eigenvalue weighted by atomic mass is 9.81. The molecule has 148 valence electrons. The minimum absolute atomic E-state index is 0.312. The Labute approximate surface area is 168 Å². The fourth-order valence-corrected chi connectivity index (χ4v) is 3.79. The van der Waals surface area contributed by atoms with E-state index in [4.69, 9.17) is 19.9 Å². The number of carbonyl (C=O) groups excluding carboxylic acids is 2. The van der Waals surface area contributed by atoms with E-state index in [1.54, 1.807) is 6.26 Å². The van der Waals surface area contributed by atoms with Crippen LogP contribution in [0.4, 0.5) is 0 Å². The predicted molar refractivity (Wildman–Crippen MR) is 110 cm³/mol. The number of furan rings is 1. The number of primary amides is 1. The summed E-state index contributed by atoms with van der Waals surface area (Å²) in [6.45, 7) is 3.61. The molecule has 1 aliphatic rings. The highest BCUT2D eigenvalue weighted by Crippen LogP contribution is 2.38. The van der Waals surface area contributed by atoms with Gasteiger partial charge in [-0.25, -0.2) is 9.78 Å². The van der Waals surface area contributed by atoms with Gasteiger partial charge in [0.1, 0.15) is 5.76 Å². The summed E-state index contributed by atoms with van der Waals surface area (Å²) in [6.07, 6.45) is 4.10. The monoisotopic (exact) mass is 390 g/mol. The second kappa shape index (κ2) is 7.54. The van der Waals surface area contributed by atoms with E-state index in [9.17, 15) is 9.59 Å². The van der Waals surface area contributed by atoms with Gasteiger partial charge >= 0.3 is 5.97 Å². The lowest BCUT2D eigenvalue weighted by molar-refractivity contribution is -0.125. The summed E-state index contributed by atoms with van der Waals surface area (Å²) in [6, 6.07) is 11.2. The summed E-state index contributed by atoms with van der Waals surface area (Å²) >= 11 is 0. The Morgan fingerprint density at radius 3 is 2.76 bits per heavy atom. The van der Waals surface area contributed by atoms with Crippen molar-refractivity contribution in [3.63, 3.8) is 0 Å². The SMILES string of the molecule is C[C@@H]1C/C(=C/c2ccco2)c2nc3ccccc3c(C(=O)O[C@@H](C)C(N)=O)c2C1. The van der Waals surface area contributed by atoms with Crippen LogP contribution in [0.1, 0.15) is 47.6 Å². The molecule has 0 saturated heterocycles. The molecule has 1 aromatic carbocycles. The van der Waals surface area contributed by atoms with Crippen molar-refractivity contribution in [2.45, 2.75) is 32.8 Å². The van der Waals surface area contributed by atoms with E-state index in [0.717, 1.165) is 29.0 Å². The summed E-state index contributed by atoms with van der Waals surface area (Å²) in [5, 5.41) is 0.708. The van der Waals surface area contributed by atoms with Gasteiger partial charge in [-0.3, -0.25) is 4.79 Å². The van der Waals surface area contributed by atoms with Gasteiger partial charge in [0.15, 0.2) is 6.10 Å². The predicted octanol–water partition coefficient (Wildman–Crippen LogP) is 3.98. The first-order chi connectivity index (χ1) is 13.9. The third-order valence-electron chi connectivity index (χ3n) is 5.17. The molecule has 0 fully saturated rings. The van der Waals surface area contributed by atoms with E-state index in [2.05, 4.69) is 6.92 Å². The fraction of sp³-hybridized carbons (Fsp3) is 0.261. The number of para-hydroxylation sites is 1. The average molecular weight is 390 g/mol. The molecular weight excluding hydrogens is 368 g/mol. The quantitative estimate of drug-likeness (QED) is 0.680. The molecule has 4 rings (SSSR count). The number of hydrogen-bond acceptors (Lipinski definition) is 5. The van der Waals surface area contributed by atoms with E-state index < -0.39 is 18.0 Å². The van der Waals surface area contributed by atoms with Crippen molar-refractivity contribution in [1.82, 2.24) is 4.98 Å². The van der Waals surface area contributed by atoms with Crippen LogP contribution in [0.15, 0.2) is 47.1 Å². The summed E-state index contributed by atoms with van der Waals surface area (Å²) in [7, 11) is 0. The highest BCUT2D eigenvalue weighted by atomic mass is 16.5. The van der Waals surface area contributed by atoms with Crippen LogP contribution in [0.25, 0.3) is 22.6 Å². The number of allylic oxidation sites excluding steroid dienone is 1. The van der Waals surface area contributed by atoms with Crippen molar-refractivity contribution >= 4 is 34.4 Å². The Kier molecular flexibility index (Phi) is 4.92. The topological polar surface area (TPSA) is 95.4 Å². The number of rotatable bonds is 4. The van der Waals surface area contributed by atoms with Gasteiger partial charge in [-0.1, -0.05) is 25.1 Å². The number of pyridine rings is 1. The van der Waals surface area contributed by atoms with Crippen LogP contribution in [0.3, 0.4) is 0 Å². The molecule has 29 heavy (non-hydrogen) atoms. The third-order valence-corrected chi connectivity index (χ3v) is 5.17. The molecule has 1 aliphatic carbocycles. The number of fused-ring (bicyclic) bond motifs is 2. The summed E-state index contributed by atoms with van der Waals surface area (Å²) in [5.41, 5.74) is 9.06. The smallest absolute Gasteiger partial charge is 0.339 e. The summed E-state index contributed by atoms with van der Waals surface area (Å²) in [5.74, 6) is -0.191. The lowest BCUT2D eigenvalue weighted by Gasteiger charge is -2.26. The molecule has 1 amide bonds. The Hall–Kier alpha value is -3.41. The fourth-order valence-electron chi connectivity index (χ4n) is 3.79. The zero-order valence-electron chi connectivity index (χ0n) is 16.3. The van der Waals surface area contributed by atoms with Gasteiger partial charge < -0.3 is 14.9 Å². The standard InChI is InChI=1S/C23H22N2O4/c1-13-10-15(12-16-6-5-9-28-16)21-18(11-13)20(23(27)29-14(2)22(24)26)17-7-3-4-8-19(17)25-21/h3-9,12-14H,10-11H2,1-2H3,(H2,24,26)/b15-12-/t13-,14+/m1/s1. The highest BCUT2D eigenvalue weighted by Gasteiger charge is 2.30. The number of carbonyl (C=O) groups is 2. The maximum absolute atomic E-state index is 13.1. The van der Waals surface area contributed by atoms with Crippen molar-refractivity contribution in [3.8, 4) is 0 Å². The second-order valence-corrected chi connectivity index (χ2v) is 7.48. The van der Waals surface area contributed by atoms with Crippen molar-refractivity contribution in [1.29, 1.82) is 0 Å². The highest BCUT2D eigenvalue weighted by molar-refractivity contribution is 6.07. The average Bonchev–Trinajstić information content (AvgIpc) is 3.19. The van der Waals surface area contributed by atoms with Crippen LogP contribution < -0.4 is 5.73 Å². The van der Waals surface area contributed by atoms with Gasteiger partial charge in [-0.2, -0.15) is 0 Å². The number of ether oxygens (including phenoxy) is 1. The van der Waals surface area contributed by atoms with Crippen LogP contribution in [0.5, 0.6) is 0 Å². The second-order valence-electron chi connectivity index (χ2n) is 7.48. The first-order valence-corrected chi connectivity index (χ1v) is 9.60. The van der Waals surface area contributed by atoms with E-state index in [0.29, 0.717) is 28.8 Å². The number of benzene rings is 1. The molecular formula is C23H22N2O4. The molecule has 0 bridgehead atoms. The van der Waals surface area contributed by atoms with Gasteiger partial charge in [0.25, 0.3) is 5.91 Å². The zero-order chi connectivity index (χ0) is 20.5. The molecule has 6 nitrogen and oxygen atoms in total. The third kappa shape index (κ3) is 3.66. The van der Waals surface area contributed by atoms with Crippen LogP contribution in [0.2, 0.25) is 0 Å². The summed E-state index contributed by atoms with van der Waals surface area (Å²) < 4.78 is 10.9. The van der Waals surface area contributed by atoms with Crippen molar-refractivity contribution in [3.05, 3.63) is 65.2 Å². The number of nitrogens with two attached hydrogens (primary N) is 1. The van der Waals surface area contributed by atoms with Crippen molar-refractivity contribution in [2.75, 3.05) is 0 Å². The molecule has 2 atom stereocenters. The van der Waals surface area contributed by atoms with E-state index in [1.807, 2.05) is 42.5 Å². The Morgan fingerprint density at radius 2 is 2.03 bits per heavy atom. The molecule has 0 aliphatic heterocycles. The first-order valence-electron chi connectivity index (χ1n) is 9.60. The number of esters is 1. The Morgan fingerprint density at radius 1 is 1.24 bits per heavy atom. The molecule has 3 aromatic rings. The number of hydrogen-bond donors (Lipinski definition) is 1. The molecule has 0 spiro atoms. The minimum Gasteiger partial charge on any atom is -0.465 e. The van der Waals surface area contributed by atoms with Crippen LogP contribution >= 0.6 is 0 Å². The molecule has 6 heteroatoms. The maximum atomic E-state index is 13.1. The van der Waals surface area contributed by atoms with Crippen LogP contribution in [-0.2, 0) is 16.0 Å². The lowest BCUT2D eigenvalue weighted by Crippen LogP contribution is -2.31. The van der Waals surface area contributed by atoms with Crippen LogP contribution in [-0.4, -0.2) is 23.0 Å². The molecule has 0 unspecified atom stereocenters. The minimum atomic E-state index is -1.01. The number of amides is 1. The van der Waals surface area contributed by atoms with Crippen molar-refractivity contribution in [2.24, 2.45) is 11.7 Å². The Balaban J connectivity index is 1.92. The maximum Gasteiger partial charge on any atom is 0.339 e. The molecule has 0 radical (unpaired) electrons. The molecule has 2 N–H and O–H groups in total. The van der Waals surface area contributed by atoms with Gasteiger partial charge in [0, 0.05) is 5.39 Å². The summed E-state index contributed by atoms with van der Waals surface area (Å²) in [4.78, 5) is 29.4. The van der Waals surface area contributed by atoms with Crippen LogP contribution in [0, 0.1) is 5.92 Å². The first kappa shape index (κ1) is 18.9. The van der Waals surface area contributed by atoms with Gasteiger partial charge in [0.05, 0.1) is 23.0 Å². The molecule has 0 saturated carbocycles. The van der Waals surface area contributed by atoms with E-state index in [-0.39, 0.29) is 0 Å². The van der Waals surface area contributed by atoms with Crippen molar-refractivity contribution < 1.29 is 18.7 Å². The van der Waals surface area contributed by atoms with E-state index in [1.165, 1.54) is 6.92 Å². The van der Waals surface area contributed by atoms with Gasteiger partial charge in [-0.05, 0) is 61.1 Å². The Bertz CT molecular complexity index is 1120. The zero-order valence-corrected chi connectivity index (χ0v) is 16.3. The number of aromatic nitrogens is 1. The normalized spacial score (nSPS) is 18.4. The van der Waals surface area contributed by atoms with E-state index >= 15 is 0 Å². The largest absolute Gasteiger partial charge is 0.465 e. The number of nitrogens with zero attached hydrogens (tertiary/aromatic N) is 1. The molecule has 2 aromatic heterocycles.